The molecule has 2 aromatic heterocycles. The van der Waals surface area contributed by atoms with Crippen LogP contribution in [0.5, 0.6) is 5.75 Å². The third kappa shape index (κ3) is 4.71. The highest BCUT2D eigenvalue weighted by molar-refractivity contribution is 5.83. The van der Waals surface area contributed by atoms with E-state index in [1.165, 1.54) is 47.4 Å². The molecule has 3 N–H and O–H groups in total. The van der Waals surface area contributed by atoms with Crippen LogP contribution in [-0.2, 0) is 13.1 Å². The Morgan fingerprint density at radius 2 is 1.79 bits per heavy atom. The number of benzene rings is 3. The van der Waals surface area contributed by atoms with Gasteiger partial charge in [-0.3, -0.25) is 14.4 Å². The van der Waals surface area contributed by atoms with E-state index >= 15 is 0 Å². The van der Waals surface area contributed by atoms with Gasteiger partial charge in [0, 0.05) is 29.4 Å². The number of aromatic nitrogens is 3. The Morgan fingerprint density at radius 3 is 2.51 bits per heavy atom. The zero-order valence-electron chi connectivity index (χ0n) is 20.4. The normalized spacial score (nSPS) is 11.5. The Labute approximate surface area is 219 Å². The average molecular weight is 531 g/mol. The van der Waals surface area contributed by atoms with Gasteiger partial charge in [0.25, 0.3) is 5.56 Å². The van der Waals surface area contributed by atoms with Crippen LogP contribution in [0, 0.1) is 17.5 Å². The van der Waals surface area contributed by atoms with Gasteiger partial charge in [0.2, 0.25) is 0 Å². The second kappa shape index (κ2) is 10.4. The van der Waals surface area contributed by atoms with Gasteiger partial charge in [-0.2, -0.15) is 5.10 Å². The molecule has 5 rings (SSSR count). The molecule has 0 amide bonds. The van der Waals surface area contributed by atoms with E-state index in [0.717, 1.165) is 16.7 Å². The fourth-order valence-corrected chi connectivity index (χ4v) is 4.51. The first-order valence-corrected chi connectivity index (χ1v) is 11.7. The summed E-state index contributed by atoms with van der Waals surface area (Å²) in [5, 5.41) is 14.6. The lowest BCUT2D eigenvalue weighted by Gasteiger charge is -2.16. The molecule has 11 heteroatoms. The van der Waals surface area contributed by atoms with Gasteiger partial charge >= 0.3 is 0 Å². The molecule has 0 aliphatic rings. The number of aliphatic imine (C=N–C) groups is 2. The van der Waals surface area contributed by atoms with Crippen molar-refractivity contribution in [3.8, 4) is 22.7 Å². The zero-order valence-corrected chi connectivity index (χ0v) is 20.4. The lowest BCUT2D eigenvalue weighted by molar-refractivity contribution is 0.469. The molecule has 0 saturated heterocycles. The maximum absolute atomic E-state index is 14.9. The smallest absolute Gasteiger partial charge is 0.266 e. The lowest BCUT2D eigenvalue weighted by Crippen LogP contribution is -2.25. The molecule has 39 heavy (non-hydrogen) atoms. The molecule has 0 aliphatic heterocycles. The third-order valence-corrected chi connectivity index (χ3v) is 6.12. The minimum absolute atomic E-state index is 0.0700. The minimum atomic E-state index is -0.759. The van der Waals surface area contributed by atoms with E-state index in [-0.39, 0.29) is 52.7 Å². The highest BCUT2D eigenvalue weighted by Crippen LogP contribution is 2.33. The van der Waals surface area contributed by atoms with Crippen LogP contribution >= 0.6 is 0 Å². The van der Waals surface area contributed by atoms with Crippen LogP contribution in [0.1, 0.15) is 11.3 Å². The summed E-state index contributed by atoms with van der Waals surface area (Å²) in [6, 6.07) is 14.8. The Bertz CT molecular complexity index is 1810. The number of aromatic hydroxyl groups is 1. The Kier molecular flexibility index (Phi) is 6.82. The number of para-hydroxylation sites is 1. The van der Waals surface area contributed by atoms with Crippen LogP contribution in [0.15, 0.2) is 81.5 Å². The molecule has 196 valence electrons. The molecule has 5 aromatic rings. The second-order valence-corrected chi connectivity index (χ2v) is 8.57. The van der Waals surface area contributed by atoms with Crippen molar-refractivity contribution in [2.75, 3.05) is 0 Å². The number of phenolic OH excluding ortho intramolecular Hbond substituents is 1. The SMILES string of the molecule is C=NC=Nc1c(CN)c(-c2cc(O)cc(F)c2)nn1Cc1cc2cccc(F)c2c(=O)n1-c1ccccc1F. The van der Waals surface area contributed by atoms with Gasteiger partial charge in [-0.05, 0) is 48.5 Å². The van der Waals surface area contributed by atoms with E-state index < -0.39 is 23.0 Å². The first-order chi connectivity index (χ1) is 18.8. The van der Waals surface area contributed by atoms with Gasteiger partial charge in [0.1, 0.15) is 29.5 Å². The van der Waals surface area contributed by atoms with Gasteiger partial charge in [0.05, 0.1) is 23.3 Å². The quantitative estimate of drug-likeness (QED) is 0.232. The first kappa shape index (κ1) is 25.6. The van der Waals surface area contributed by atoms with Gasteiger partial charge in [-0.15, -0.1) is 0 Å². The predicted molar refractivity (Wildman–Crippen MR) is 143 cm³/mol. The number of nitrogens with two attached hydrogens (primary N) is 1. The summed E-state index contributed by atoms with van der Waals surface area (Å²) >= 11 is 0. The summed E-state index contributed by atoms with van der Waals surface area (Å²) in [6.07, 6.45) is 1.17. The van der Waals surface area contributed by atoms with Crippen LogP contribution in [0.3, 0.4) is 0 Å². The maximum atomic E-state index is 14.9. The Balaban J connectivity index is 1.79. The number of nitrogens with zero attached hydrogens (tertiary/aromatic N) is 5. The second-order valence-electron chi connectivity index (χ2n) is 8.57. The van der Waals surface area contributed by atoms with Crippen LogP contribution < -0.4 is 11.3 Å². The largest absolute Gasteiger partial charge is 0.508 e. The molecular weight excluding hydrogens is 509 g/mol. The van der Waals surface area contributed by atoms with Crippen molar-refractivity contribution in [2.24, 2.45) is 15.7 Å². The average Bonchev–Trinajstić information content (AvgIpc) is 3.24. The number of hydrogen-bond acceptors (Lipinski definition) is 5. The molecule has 0 atom stereocenters. The van der Waals surface area contributed by atoms with Crippen molar-refractivity contribution in [1.29, 1.82) is 0 Å². The number of hydrogen-bond donors (Lipinski definition) is 2. The number of fused-ring (bicyclic) bond motifs is 1. The molecule has 0 unspecified atom stereocenters. The number of pyridine rings is 1. The topological polar surface area (TPSA) is 111 Å². The summed E-state index contributed by atoms with van der Waals surface area (Å²) in [5.74, 6) is -2.22. The van der Waals surface area contributed by atoms with Crippen LogP contribution in [0.25, 0.3) is 27.7 Å². The Morgan fingerprint density at radius 1 is 1.03 bits per heavy atom. The van der Waals surface area contributed by atoms with Crippen LogP contribution in [-0.4, -0.2) is 32.5 Å². The van der Waals surface area contributed by atoms with E-state index in [4.69, 9.17) is 5.73 Å². The van der Waals surface area contributed by atoms with E-state index in [1.807, 2.05) is 0 Å². The van der Waals surface area contributed by atoms with Crippen molar-refractivity contribution < 1.29 is 18.3 Å². The predicted octanol–water partition coefficient (Wildman–Crippen LogP) is 4.84. The highest BCUT2D eigenvalue weighted by atomic mass is 19.1. The van der Waals surface area contributed by atoms with Crippen molar-refractivity contribution in [2.45, 2.75) is 13.1 Å². The molecule has 0 fully saturated rings. The molecule has 0 aliphatic carbocycles. The first-order valence-electron chi connectivity index (χ1n) is 11.7. The number of rotatable bonds is 7. The Hall–Kier alpha value is -5.03. The molecular formula is C28H21F3N6O2. The maximum Gasteiger partial charge on any atom is 0.266 e. The van der Waals surface area contributed by atoms with E-state index in [9.17, 15) is 23.1 Å². The fourth-order valence-electron chi connectivity index (χ4n) is 4.51. The molecule has 0 radical (unpaired) electrons. The lowest BCUT2D eigenvalue weighted by atomic mass is 10.1. The fraction of sp³-hybridized carbons (Fsp3) is 0.0714. The van der Waals surface area contributed by atoms with Crippen molar-refractivity contribution in [3.63, 3.8) is 0 Å². The van der Waals surface area contributed by atoms with Crippen LogP contribution in [0.4, 0.5) is 19.0 Å². The molecule has 0 bridgehead atoms. The number of halogens is 3. The van der Waals surface area contributed by atoms with Crippen LogP contribution in [0.2, 0.25) is 0 Å². The summed E-state index contributed by atoms with van der Waals surface area (Å²) in [7, 11) is 0. The van der Waals surface area contributed by atoms with Gasteiger partial charge < -0.3 is 10.8 Å². The standard InChI is InChI=1S/C28H21F3N6O2/c1-33-15-34-27-21(13-32)26(17-9-18(29)12-20(38)11-17)35-36(27)14-19-10-16-5-4-7-23(31)25(16)28(39)37(19)24-8-3-2-6-22(24)30/h2-12,15,38H,1,13-14,32H2. The minimum Gasteiger partial charge on any atom is -0.508 e. The molecule has 0 saturated carbocycles. The highest BCUT2D eigenvalue weighted by Gasteiger charge is 2.22. The third-order valence-electron chi connectivity index (χ3n) is 6.12. The summed E-state index contributed by atoms with van der Waals surface area (Å²) in [4.78, 5) is 21.5. The molecule has 3 aromatic carbocycles. The van der Waals surface area contributed by atoms with Gasteiger partial charge in [-0.1, -0.05) is 24.3 Å². The summed E-state index contributed by atoms with van der Waals surface area (Å²) in [6.45, 7) is 3.17. The van der Waals surface area contributed by atoms with Crippen molar-refractivity contribution in [3.05, 3.63) is 106 Å². The van der Waals surface area contributed by atoms with E-state index in [1.54, 1.807) is 18.2 Å². The molecule has 0 spiro atoms. The van der Waals surface area contributed by atoms with E-state index in [0.29, 0.717) is 10.9 Å². The summed E-state index contributed by atoms with van der Waals surface area (Å²) < 4.78 is 46.3. The van der Waals surface area contributed by atoms with Crippen molar-refractivity contribution >= 4 is 29.6 Å². The van der Waals surface area contributed by atoms with Crippen molar-refractivity contribution in [1.82, 2.24) is 14.3 Å². The summed E-state index contributed by atoms with van der Waals surface area (Å²) in [5.41, 5.74) is 6.30. The number of phenols is 1. The van der Waals surface area contributed by atoms with Gasteiger partial charge in [-0.25, -0.2) is 22.8 Å². The van der Waals surface area contributed by atoms with E-state index in [2.05, 4.69) is 21.8 Å². The zero-order chi connectivity index (χ0) is 27.7. The molecule has 2 heterocycles. The molecule has 8 nitrogen and oxygen atoms in total. The van der Waals surface area contributed by atoms with Gasteiger partial charge in [0.15, 0.2) is 5.82 Å². The monoisotopic (exact) mass is 530 g/mol.